The Hall–Kier alpha value is -2.06. The molecule has 0 radical (unpaired) electrons. The Morgan fingerprint density at radius 3 is 2.65 bits per heavy atom. The van der Waals surface area contributed by atoms with E-state index in [4.69, 9.17) is 10.2 Å². The number of H-pyrrole nitrogens is 1. The van der Waals surface area contributed by atoms with E-state index in [1.54, 1.807) is 16.8 Å². The van der Waals surface area contributed by atoms with Crippen LogP contribution in [-0.4, -0.2) is 32.5 Å². The van der Waals surface area contributed by atoms with Crippen LogP contribution in [0.4, 0.5) is 0 Å². The van der Waals surface area contributed by atoms with E-state index in [1.165, 1.54) is 0 Å². The van der Waals surface area contributed by atoms with Crippen LogP contribution in [-0.2, 0) is 6.54 Å². The van der Waals surface area contributed by atoms with Gasteiger partial charge in [-0.2, -0.15) is 0 Å². The molecule has 1 unspecified atom stereocenters. The zero-order valence-electron chi connectivity index (χ0n) is 12.3. The van der Waals surface area contributed by atoms with Gasteiger partial charge in [-0.25, -0.2) is 0 Å². The molecule has 0 fully saturated rings. The predicted molar refractivity (Wildman–Crippen MR) is 91.1 cm³/mol. The van der Waals surface area contributed by atoms with E-state index in [0.717, 1.165) is 28.0 Å². The zero-order chi connectivity index (χ0) is 16.4. The monoisotopic (exact) mass is 331 g/mol. The maximum Gasteiger partial charge on any atom is 0.258 e. The maximum atomic E-state index is 12.3. The van der Waals surface area contributed by atoms with Crippen molar-refractivity contribution in [2.45, 2.75) is 17.5 Å². The number of benzene rings is 1. The van der Waals surface area contributed by atoms with Crippen molar-refractivity contribution in [1.82, 2.24) is 9.55 Å². The second-order valence-electron chi connectivity index (χ2n) is 5.24. The van der Waals surface area contributed by atoms with Crippen LogP contribution in [0.5, 0.6) is 0 Å². The average Bonchev–Trinajstić information content (AvgIpc) is 2.95. The topological polar surface area (TPSA) is 104 Å². The number of aromatic amines is 1. The number of nitrogens with two attached hydrogens (primary N) is 1. The van der Waals surface area contributed by atoms with Crippen LogP contribution in [0, 0.1) is 0 Å². The molecule has 0 saturated carbocycles. The fraction of sp³-hybridized carbons (Fsp3) is 0.188. The molecule has 0 aliphatic rings. The fourth-order valence-corrected chi connectivity index (χ4v) is 2.92. The summed E-state index contributed by atoms with van der Waals surface area (Å²) < 4.78 is 1.78. The van der Waals surface area contributed by atoms with Gasteiger partial charge in [0, 0.05) is 22.9 Å². The molecule has 23 heavy (non-hydrogen) atoms. The molecule has 0 aliphatic carbocycles. The van der Waals surface area contributed by atoms with Crippen molar-refractivity contribution in [3.63, 3.8) is 0 Å². The minimum atomic E-state index is -0.881. The Labute approximate surface area is 136 Å². The summed E-state index contributed by atoms with van der Waals surface area (Å²) in [6.45, 7) is -0.117. The Balaban J connectivity index is 2.17. The number of hydrogen-bond acceptors (Lipinski definition) is 5. The molecule has 0 saturated heterocycles. The number of aromatic nitrogens is 2. The summed E-state index contributed by atoms with van der Waals surface area (Å²) in [5.74, 6) is 0. The number of rotatable bonds is 5. The number of fused-ring (bicyclic) bond motifs is 1. The first-order valence-electron chi connectivity index (χ1n) is 7.10. The fourth-order valence-electron chi connectivity index (χ4n) is 2.63. The molecule has 0 bridgehead atoms. The minimum absolute atomic E-state index is 0.188. The summed E-state index contributed by atoms with van der Waals surface area (Å²) in [4.78, 5) is 15.9. The first kappa shape index (κ1) is 15.8. The molecule has 3 rings (SSSR count). The van der Waals surface area contributed by atoms with Crippen molar-refractivity contribution < 1.29 is 10.2 Å². The number of pyridine rings is 1. The van der Waals surface area contributed by atoms with E-state index < -0.39 is 6.10 Å². The molecule has 5 N–H and O–H groups in total. The number of aliphatic hydroxyl groups is 2. The van der Waals surface area contributed by atoms with Crippen molar-refractivity contribution in [3.8, 4) is 11.1 Å². The highest BCUT2D eigenvalue weighted by Crippen LogP contribution is 2.29. The van der Waals surface area contributed by atoms with Gasteiger partial charge in [-0.1, -0.05) is 12.1 Å². The SMILES string of the molecule is NSc1ccc(-c2cn(CC(O)CO)c3cc[nH]c(=O)c23)cc1. The molecule has 1 aromatic carbocycles. The maximum absolute atomic E-state index is 12.3. The Bertz CT molecular complexity index is 870. The van der Waals surface area contributed by atoms with Gasteiger partial charge in [0.1, 0.15) is 0 Å². The summed E-state index contributed by atoms with van der Waals surface area (Å²) in [7, 11) is 0. The number of nitrogens with zero attached hydrogens (tertiary/aromatic N) is 1. The third kappa shape index (κ3) is 3.04. The summed E-state index contributed by atoms with van der Waals surface area (Å²) in [6, 6.07) is 9.38. The molecule has 1 atom stereocenters. The molecule has 7 heteroatoms. The summed E-state index contributed by atoms with van der Waals surface area (Å²) in [5.41, 5.74) is 2.20. The van der Waals surface area contributed by atoms with Gasteiger partial charge in [0.05, 0.1) is 30.2 Å². The highest BCUT2D eigenvalue weighted by molar-refractivity contribution is 7.97. The van der Waals surface area contributed by atoms with E-state index in [-0.39, 0.29) is 18.7 Å². The summed E-state index contributed by atoms with van der Waals surface area (Å²) >= 11 is 1.16. The van der Waals surface area contributed by atoms with Gasteiger partial charge in [-0.05, 0) is 35.7 Å². The van der Waals surface area contributed by atoms with Crippen molar-refractivity contribution in [2.75, 3.05) is 6.61 Å². The first-order valence-corrected chi connectivity index (χ1v) is 7.98. The van der Waals surface area contributed by atoms with Gasteiger partial charge in [-0.3, -0.25) is 9.93 Å². The molecular weight excluding hydrogens is 314 g/mol. The van der Waals surface area contributed by atoms with Crippen LogP contribution in [0.25, 0.3) is 22.0 Å². The van der Waals surface area contributed by atoms with Crippen LogP contribution < -0.4 is 10.7 Å². The predicted octanol–water partition coefficient (Wildman–Crippen LogP) is 1.32. The third-order valence-corrected chi connectivity index (χ3v) is 4.27. The van der Waals surface area contributed by atoms with Crippen molar-refractivity contribution >= 4 is 22.9 Å². The van der Waals surface area contributed by atoms with E-state index in [1.807, 2.05) is 30.5 Å². The van der Waals surface area contributed by atoms with E-state index >= 15 is 0 Å². The molecular formula is C16H17N3O3S. The van der Waals surface area contributed by atoms with E-state index in [2.05, 4.69) is 4.98 Å². The van der Waals surface area contributed by atoms with Crippen LogP contribution in [0.3, 0.4) is 0 Å². The number of aliphatic hydroxyl groups excluding tert-OH is 2. The second-order valence-corrected chi connectivity index (χ2v) is 5.95. The lowest BCUT2D eigenvalue weighted by Crippen LogP contribution is -2.19. The molecule has 0 amide bonds. The third-order valence-electron chi connectivity index (χ3n) is 3.72. The number of nitrogens with one attached hydrogen (secondary N) is 1. The quantitative estimate of drug-likeness (QED) is 0.528. The normalized spacial score (nSPS) is 12.7. The molecule has 3 aromatic rings. The van der Waals surface area contributed by atoms with Crippen LogP contribution in [0.15, 0.2) is 52.4 Å². The van der Waals surface area contributed by atoms with Crippen molar-refractivity contribution in [2.24, 2.45) is 5.14 Å². The minimum Gasteiger partial charge on any atom is -0.394 e. The number of hydrogen-bond donors (Lipinski definition) is 4. The zero-order valence-corrected chi connectivity index (χ0v) is 13.1. The van der Waals surface area contributed by atoms with Gasteiger partial charge >= 0.3 is 0 Å². The van der Waals surface area contributed by atoms with Gasteiger partial charge in [0.15, 0.2) is 0 Å². The Morgan fingerprint density at radius 2 is 2.00 bits per heavy atom. The highest BCUT2D eigenvalue weighted by atomic mass is 32.2. The standard InChI is InChI=1S/C16H17N3O3S/c17-23-12-3-1-10(2-4-12)13-8-19(7-11(21)9-20)14-5-6-18-16(22)15(13)14/h1-6,8,11,20-21H,7,9,17H2,(H,18,22). The molecule has 0 spiro atoms. The largest absolute Gasteiger partial charge is 0.394 e. The van der Waals surface area contributed by atoms with Crippen molar-refractivity contribution in [1.29, 1.82) is 0 Å². The van der Waals surface area contributed by atoms with Gasteiger partial charge in [-0.15, -0.1) is 0 Å². The average molecular weight is 331 g/mol. The van der Waals surface area contributed by atoms with E-state index in [0.29, 0.717) is 10.9 Å². The smallest absolute Gasteiger partial charge is 0.258 e. The lowest BCUT2D eigenvalue weighted by molar-refractivity contribution is 0.0822. The Kier molecular flexibility index (Phi) is 4.53. The van der Waals surface area contributed by atoms with Gasteiger partial charge < -0.3 is 19.8 Å². The highest BCUT2D eigenvalue weighted by Gasteiger charge is 2.15. The van der Waals surface area contributed by atoms with Crippen LogP contribution >= 0.6 is 11.9 Å². The van der Waals surface area contributed by atoms with Gasteiger partial charge in [0.25, 0.3) is 5.56 Å². The summed E-state index contributed by atoms with van der Waals surface area (Å²) in [6.07, 6.45) is 2.52. The molecule has 2 aromatic heterocycles. The molecule has 2 heterocycles. The lowest BCUT2D eigenvalue weighted by Gasteiger charge is -2.09. The van der Waals surface area contributed by atoms with Crippen molar-refractivity contribution in [3.05, 3.63) is 53.1 Å². The van der Waals surface area contributed by atoms with Crippen LogP contribution in [0.2, 0.25) is 0 Å². The van der Waals surface area contributed by atoms with Crippen LogP contribution in [0.1, 0.15) is 0 Å². The van der Waals surface area contributed by atoms with Gasteiger partial charge in [0.2, 0.25) is 0 Å². The Morgan fingerprint density at radius 1 is 1.26 bits per heavy atom. The molecule has 0 aliphatic heterocycles. The van der Waals surface area contributed by atoms with E-state index in [9.17, 15) is 9.90 Å². The lowest BCUT2D eigenvalue weighted by atomic mass is 10.1. The molecule has 6 nitrogen and oxygen atoms in total. The second kappa shape index (κ2) is 6.59. The summed E-state index contributed by atoms with van der Waals surface area (Å²) in [5, 5.41) is 24.9. The first-order chi connectivity index (χ1) is 11.1. The molecule has 120 valence electrons.